The van der Waals surface area contributed by atoms with Gasteiger partial charge in [0.15, 0.2) is 0 Å². The topological polar surface area (TPSA) is 46.9 Å². The summed E-state index contributed by atoms with van der Waals surface area (Å²) in [7, 11) is -1.18. The van der Waals surface area contributed by atoms with Crippen molar-refractivity contribution >= 4 is 27.7 Å². The molecule has 124 valence electrons. The van der Waals surface area contributed by atoms with Gasteiger partial charge in [-0.1, -0.05) is 48.5 Å². The fourth-order valence-electron chi connectivity index (χ4n) is 2.76. The van der Waals surface area contributed by atoms with E-state index in [1.807, 2.05) is 89.8 Å². The lowest BCUT2D eigenvalue weighted by atomic mass is 10.2. The van der Waals surface area contributed by atoms with E-state index in [9.17, 15) is 4.21 Å². The number of hydrogen-bond donors (Lipinski definition) is 1. The van der Waals surface area contributed by atoms with Crippen molar-refractivity contribution in [2.24, 2.45) is 0 Å². The lowest BCUT2D eigenvalue weighted by Crippen LogP contribution is -2.06. The Morgan fingerprint density at radius 3 is 2.40 bits per heavy atom. The van der Waals surface area contributed by atoms with Crippen LogP contribution in [0, 0.1) is 0 Å². The van der Waals surface area contributed by atoms with Gasteiger partial charge in [0.25, 0.3) is 0 Å². The number of nitrogens with zero attached hydrogens (tertiary/aromatic N) is 2. The van der Waals surface area contributed by atoms with Gasteiger partial charge in [0.05, 0.1) is 16.8 Å². The summed E-state index contributed by atoms with van der Waals surface area (Å²) in [6.45, 7) is 0. The number of nitrogens with one attached hydrogen (secondary N) is 1. The van der Waals surface area contributed by atoms with Crippen LogP contribution in [-0.2, 0) is 16.7 Å². The average molecular weight is 347 g/mol. The van der Waals surface area contributed by atoms with E-state index in [4.69, 9.17) is 0 Å². The average Bonchev–Trinajstić information content (AvgIpc) is 3.06. The highest BCUT2D eigenvalue weighted by atomic mass is 32.2. The zero-order valence-electron chi connectivity index (χ0n) is 13.5. The van der Waals surface area contributed by atoms with Crippen LogP contribution in [0.15, 0.2) is 85.2 Å². The van der Waals surface area contributed by atoms with Crippen molar-refractivity contribution in [1.82, 2.24) is 9.55 Å². The fraction of sp³-hybridized carbons (Fsp3) is 0.0500. The molecule has 0 radical (unpaired) electrons. The van der Waals surface area contributed by atoms with Crippen LogP contribution in [-0.4, -0.2) is 13.8 Å². The van der Waals surface area contributed by atoms with E-state index in [0.717, 1.165) is 28.0 Å². The van der Waals surface area contributed by atoms with Crippen LogP contribution in [0.25, 0.3) is 16.7 Å². The van der Waals surface area contributed by atoms with Gasteiger partial charge < -0.3 is 4.72 Å². The Kier molecular flexibility index (Phi) is 4.31. The lowest BCUT2D eigenvalue weighted by molar-refractivity contribution is 0.686. The molecule has 0 fully saturated rings. The maximum Gasteiger partial charge on any atom is 0.121 e. The number of rotatable bonds is 5. The second-order valence-electron chi connectivity index (χ2n) is 5.73. The van der Waals surface area contributed by atoms with Crippen molar-refractivity contribution in [3.05, 3.63) is 90.8 Å². The molecule has 0 bridgehead atoms. The third-order valence-corrected chi connectivity index (χ3v) is 5.01. The largest absolute Gasteiger partial charge is 0.305 e. The van der Waals surface area contributed by atoms with E-state index in [-0.39, 0.29) is 0 Å². The van der Waals surface area contributed by atoms with Gasteiger partial charge in [-0.2, -0.15) is 0 Å². The summed E-state index contributed by atoms with van der Waals surface area (Å²) in [6, 6.07) is 25.8. The van der Waals surface area contributed by atoms with E-state index in [1.165, 1.54) is 0 Å². The summed E-state index contributed by atoms with van der Waals surface area (Å²) in [5.74, 6) is 0.470. The Bertz CT molecular complexity index is 1010. The molecule has 4 rings (SSSR count). The van der Waals surface area contributed by atoms with Crippen molar-refractivity contribution in [3.8, 4) is 5.69 Å². The molecule has 0 spiro atoms. The highest BCUT2D eigenvalue weighted by Crippen LogP contribution is 2.22. The Morgan fingerprint density at radius 2 is 1.64 bits per heavy atom. The number of imidazole rings is 1. The van der Waals surface area contributed by atoms with Gasteiger partial charge in [-0.3, -0.25) is 4.57 Å². The summed E-state index contributed by atoms with van der Waals surface area (Å²) in [4.78, 5) is 4.47. The molecule has 1 heterocycles. The maximum absolute atomic E-state index is 12.3. The Morgan fingerprint density at radius 1 is 0.920 bits per heavy atom. The first kappa shape index (κ1) is 15.6. The number of hydrogen-bond acceptors (Lipinski definition) is 2. The smallest absolute Gasteiger partial charge is 0.121 e. The van der Waals surface area contributed by atoms with E-state index in [2.05, 4.69) is 9.71 Å². The number of aromatic nitrogens is 2. The quantitative estimate of drug-likeness (QED) is 0.585. The standard InChI is InChI=1S/C20H17N3OS/c24-25(14-16-7-3-1-4-8-16)22-17-11-12-20-19(13-17)21-15-23(20)18-9-5-2-6-10-18/h1-13,15,22H,14H2. The monoisotopic (exact) mass is 347 g/mol. The van der Waals surface area contributed by atoms with Gasteiger partial charge in [-0.25, -0.2) is 9.19 Å². The van der Waals surface area contributed by atoms with Gasteiger partial charge in [0.1, 0.15) is 17.3 Å². The molecule has 1 unspecified atom stereocenters. The first-order valence-electron chi connectivity index (χ1n) is 8.01. The zero-order valence-corrected chi connectivity index (χ0v) is 14.3. The minimum atomic E-state index is -1.18. The van der Waals surface area contributed by atoms with E-state index in [1.54, 1.807) is 0 Å². The molecule has 1 aromatic heterocycles. The SMILES string of the molecule is O=S(Cc1ccccc1)Nc1ccc2c(c1)ncn2-c1ccccc1. The molecule has 4 aromatic rings. The summed E-state index contributed by atoms with van der Waals surface area (Å²) >= 11 is 0. The second-order valence-corrected chi connectivity index (χ2v) is 6.91. The summed E-state index contributed by atoms with van der Waals surface area (Å²) in [5, 5.41) is 0. The normalized spacial score (nSPS) is 12.2. The minimum Gasteiger partial charge on any atom is -0.305 e. The molecule has 3 aromatic carbocycles. The van der Waals surface area contributed by atoms with Crippen molar-refractivity contribution in [2.75, 3.05) is 4.72 Å². The van der Waals surface area contributed by atoms with Crippen molar-refractivity contribution in [3.63, 3.8) is 0 Å². The van der Waals surface area contributed by atoms with Crippen LogP contribution < -0.4 is 4.72 Å². The summed E-state index contributed by atoms with van der Waals surface area (Å²) < 4.78 is 17.4. The first-order chi connectivity index (χ1) is 12.3. The second kappa shape index (κ2) is 6.91. The predicted molar refractivity (Wildman–Crippen MR) is 103 cm³/mol. The van der Waals surface area contributed by atoms with E-state index >= 15 is 0 Å². The number of fused-ring (bicyclic) bond motifs is 1. The highest BCUT2D eigenvalue weighted by molar-refractivity contribution is 7.85. The molecule has 1 N–H and O–H groups in total. The van der Waals surface area contributed by atoms with Gasteiger partial charge in [-0.15, -0.1) is 0 Å². The molecule has 0 saturated heterocycles. The number of para-hydroxylation sites is 1. The summed E-state index contributed by atoms with van der Waals surface area (Å²) in [5.41, 5.74) is 4.80. The van der Waals surface area contributed by atoms with Crippen LogP contribution in [0.5, 0.6) is 0 Å². The molecule has 1 atom stereocenters. The fourth-order valence-corrected chi connectivity index (χ4v) is 3.72. The zero-order chi connectivity index (χ0) is 17.1. The molecule has 0 saturated carbocycles. The Balaban J connectivity index is 1.55. The van der Waals surface area contributed by atoms with Crippen molar-refractivity contribution in [1.29, 1.82) is 0 Å². The van der Waals surface area contributed by atoms with E-state index < -0.39 is 11.0 Å². The highest BCUT2D eigenvalue weighted by Gasteiger charge is 2.07. The van der Waals surface area contributed by atoms with Crippen LogP contribution in [0.1, 0.15) is 5.56 Å². The summed E-state index contributed by atoms with van der Waals surface area (Å²) in [6.07, 6.45) is 1.81. The third-order valence-electron chi connectivity index (χ3n) is 3.95. The maximum atomic E-state index is 12.3. The first-order valence-corrected chi connectivity index (χ1v) is 9.33. The van der Waals surface area contributed by atoms with Crippen molar-refractivity contribution in [2.45, 2.75) is 5.75 Å². The molecule has 25 heavy (non-hydrogen) atoms. The lowest BCUT2D eigenvalue weighted by Gasteiger charge is -2.07. The van der Waals surface area contributed by atoms with Crippen molar-refractivity contribution < 1.29 is 4.21 Å². The molecule has 4 nitrogen and oxygen atoms in total. The number of anilines is 1. The molecule has 0 aliphatic carbocycles. The van der Waals surface area contributed by atoms with Crippen LogP contribution in [0.2, 0.25) is 0 Å². The van der Waals surface area contributed by atoms with Crippen LogP contribution in [0.4, 0.5) is 5.69 Å². The van der Waals surface area contributed by atoms with Gasteiger partial charge >= 0.3 is 0 Å². The molecule has 0 aliphatic rings. The third kappa shape index (κ3) is 3.46. The van der Waals surface area contributed by atoms with Crippen LogP contribution >= 0.6 is 0 Å². The Hall–Kier alpha value is -2.92. The van der Waals surface area contributed by atoms with E-state index in [0.29, 0.717) is 5.75 Å². The van der Waals surface area contributed by atoms with Gasteiger partial charge in [-0.05, 0) is 35.9 Å². The predicted octanol–water partition coefficient (Wildman–Crippen LogP) is 4.30. The molecule has 5 heteroatoms. The minimum absolute atomic E-state index is 0.470. The van der Waals surface area contributed by atoms with Gasteiger partial charge in [0.2, 0.25) is 0 Å². The molecule has 0 amide bonds. The molecular weight excluding hydrogens is 330 g/mol. The van der Waals surface area contributed by atoms with Gasteiger partial charge in [0, 0.05) is 11.4 Å². The Labute approximate surface area is 148 Å². The van der Waals surface area contributed by atoms with Crippen LogP contribution in [0.3, 0.4) is 0 Å². The molecule has 0 aliphatic heterocycles. The number of benzene rings is 3. The molecular formula is C20H17N3OS.